The summed E-state index contributed by atoms with van der Waals surface area (Å²) in [5.74, 6) is -0.245. The topological polar surface area (TPSA) is 46.5 Å². The second-order valence-corrected chi connectivity index (χ2v) is 3.04. The molecule has 3 nitrogen and oxygen atoms in total. The highest BCUT2D eigenvalue weighted by Gasteiger charge is 2.20. The van der Waals surface area contributed by atoms with Crippen LogP contribution in [0.5, 0.6) is 0 Å². The van der Waals surface area contributed by atoms with Crippen molar-refractivity contribution in [1.29, 1.82) is 0 Å². The molecular formula is C12H16O3. The number of hydrogen-bond acceptors (Lipinski definition) is 3. The standard InChI is InChI=1S/C10H10O3.C2H6/c11-4-3-7-1-2-9-8(5-7)6-13-10(9)12;1-2/h1-2,5,11H,3-4,6H2;1-2H3. The van der Waals surface area contributed by atoms with Gasteiger partial charge in [-0.25, -0.2) is 4.79 Å². The van der Waals surface area contributed by atoms with Gasteiger partial charge < -0.3 is 9.84 Å². The van der Waals surface area contributed by atoms with Crippen LogP contribution >= 0.6 is 0 Å². The van der Waals surface area contributed by atoms with Gasteiger partial charge in [0.05, 0.1) is 5.56 Å². The van der Waals surface area contributed by atoms with E-state index in [1.54, 1.807) is 6.07 Å². The van der Waals surface area contributed by atoms with Crippen LogP contribution in [-0.4, -0.2) is 17.7 Å². The molecule has 0 amide bonds. The molecule has 0 bridgehead atoms. The molecule has 1 N–H and O–H groups in total. The predicted molar refractivity (Wildman–Crippen MR) is 57.7 cm³/mol. The Kier molecular flexibility index (Phi) is 4.31. The van der Waals surface area contributed by atoms with E-state index in [4.69, 9.17) is 9.84 Å². The summed E-state index contributed by atoms with van der Waals surface area (Å²) in [6, 6.07) is 5.52. The first-order valence-electron chi connectivity index (χ1n) is 5.21. The van der Waals surface area contributed by atoms with Gasteiger partial charge in [-0.2, -0.15) is 0 Å². The number of hydrogen-bond donors (Lipinski definition) is 1. The molecule has 0 atom stereocenters. The number of carbonyl (C=O) groups excluding carboxylic acids is 1. The molecule has 15 heavy (non-hydrogen) atoms. The molecule has 0 radical (unpaired) electrons. The lowest BCUT2D eigenvalue weighted by Gasteiger charge is -1.99. The highest BCUT2D eigenvalue weighted by Crippen LogP contribution is 2.20. The highest BCUT2D eigenvalue weighted by molar-refractivity contribution is 5.93. The van der Waals surface area contributed by atoms with Crippen LogP contribution in [0.25, 0.3) is 0 Å². The van der Waals surface area contributed by atoms with Crippen molar-refractivity contribution in [2.45, 2.75) is 26.9 Å². The third-order valence-electron chi connectivity index (χ3n) is 2.15. The SMILES string of the molecule is CC.O=C1OCc2cc(CCO)ccc21. The smallest absolute Gasteiger partial charge is 0.338 e. The van der Waals surface area contributed by atoms with E-state index >= 15 is 0 Å². The Bertz CT molecular complexity index is 345. The van der Waals surface area contributed by atoms with Crippen LogP contribution < -0.4 is 0 Å². The van der Waals surface area contributed by atoms with Gasteiger partial charge >= 0.3 is 5.97 Å². The quantitative estimate of drug-likeness (QED) is 0.755. The van der Waals surface area contributed by atoms with Gasteiger partial charge in [-0.05, 0) is 18.1 Å². The van der Waals surface area contributed by atoms with Crippen molar-refractivity contribution >= 4 is 5.97 Å². The van der Waals surface area contributed by atoms with E-state index in [9.17, 15) is 4.79 Å². The Morgan fingerprint density at radius 1 is 1.40 bits per heavy atom. The van der Waals surface area contributed by atoms with E-state index in [-0.39, 0.29) is 12.6 Å². The predicted octanol–water partition coefficient (Wildman–Crippen LogP) is 1.92. The average molecular weight is 208 g/mol. The minimum absolute atomic E-state index is 0.133. The molecule has 1 aromatic rings. The first kappa shape index (κ1) is 11.7. The molecule has 0 spiro atoms. The molecule has 2 rings (SSSR count). The Balaban J connectivity index is 0.000000531. The lowest BCUT2D eigenvalue weighted by atomic mass is 10.0. The lowest BCUT2D eigenvalue weighted by molar-refractivity contribution is 0.0535. The van der Waals surface area contributed by atoms with E-state index in [1.165, 1.54) is 0 Å². The largest absolute Gasteiger partial charge is 0.457 e. The van der Waals surface area contributed by atoms with Gasteiger partial charge in [-0.15, -0.1) is 0 Å². The first-order valence-corrected chi connectivity index (χ1v) is 5.21. The fraction of sp³-hybridized carbons (Fsp3) is 0.417. The zero-order valence-electron chi connectivity index (χ0n) is 9.12. The molecule has 0 aromatic heterocycles. The van der Waals surface area contributed by atoms with Crippen LogP contribution in [0.2, 0.25) is 0 Å². The monoisotopic (exact) mass is 208 g/mol. The Hall–Kier alpha value is -1.35. The summed E-state index contributed by atoms with van der Waals surface area (Å²) in [5, 5.41) is 8.72. The van der Waals surface area contributed by atoms with Crippen molar-refractivity contribution in [3.05, 3.63) is 34.9 Å². The zero-order chi connectivity index (χ0) is 11.3. The summed E-state index contributed by atoms with van der Waals surface area (Å²) < 4.78 is 4.85. The van der Waals surface area contributed by atoms with Gasteiger partial charge in [0, 0.05) is 12.2 Å². The first-order chi connectivity index (χ1) is 7.31. The minimum Gasteiger partial charge on any atom is -0.457 e. The number of aliphatic hydroxyl groups excluding tert-OH is 1. The minimum atomic E-state index is -0.245. The van der Waals surface area contributed by atoms with Gasteiger partial charge in [-0.3, -0.25) is 0 Å². The van der Waals surface area contributed by atoms with Gasteiger partial charge in [-0.1, -0.05) is 26.0 Å². The number of fused-ring (bicyclic) bond motifs is 1. The summed E-state index contributed by atoms with van der Waals surface area (Å²) in [5.41, 5.74) is 2.62. The molecule has 1 aliphatic heterocycles. The number of esters is 1. The van der Waals surface area contributed by atoms with Crippen LogP contribution in [0, 0.1) is 0 Å². The van der Waals surface area contributed by atoms with Crippen molar-refractivity contribution in [2.24, 2.45) is 0 Å². The van der Waals surface area contributed by atoms with Gasteiger partial charge in [0.15, 0.2) is 0 Å². The molecule has 1 aliphatic rings. The Morgan fingerprint density at radius 2 is 2.13 bits per heavy atom. The van der Waals surface area contributed by atoms with Crippen LogP contribution in [0.1, 0.15) is 35.3 Å². The normalized spacial score (nSPS) is 12.6. The van der Waals surface area contributed by atoms with Crippen molar-refractivity contribution in [1.82, 2.24) is 0 Å². The molecule has 3 heteroatoms. The summed E-state index contributed by atoms with van der Waals surface area (Å²) in [6.45, 7) is 4.50. The average Bonchev–Trinajstić information content (AvgIpc) is 2.64. The number of benzene rings is 1. The second-order valence-electron chi connectivity index (χ2n) is 3.04. The fourth-order valence-corrected chi connectivity index (χ4v) is 1.47. The fourth-order valence-electron chi connectivity index (χ4n) is 1.47. The van der Waals surface area contributed by atoms with E-state index in [1.807, 2.05) is 26.0 Å². The van der Waals surface area contributed by atoms with Crippen molar-refractivity contribution in [3.8, 4) is 0 Å². The molecule has 0 unspecified atom stereocenters. The highest BCUT2D eigenvalue weighted by atomic mass is 16.5. The maximum absolute atomic E-state index is 11.1. The third kappa shape index (κ3) is 2.57. The van der Waals surface area contributed by atoms with Crippen LogP contribution in [0.15, 0.2) is 18.2 Å². The summed E-state index contributed by atoms with van der Waals surface area (Å²) in [7, 11) is 0. The van der Waals surface area contributed by atoms with Gasteiger partial charge in [0.25, 0.3) is 0 Å². The van der Waals surface area contributed by atoms with E-state index in [0.29, 0.717) is 18.6 Å². The third-order valence-corrected chi connectivity index (χ3v) is 2.15. The number of ether oxygens (including phenoxy) is 1. The number of carbonyl (C=O) groups is 1. The van der Waals surface area contributed by atoms with Crippen molar-refractivity contribution in [3.63, 3.8) is 0 Å². The van der Waals surface area contributed by atoms with Gasteiger partial charge in [0.1, 0.15) is 6.61 Å². The molecule has 1 heterocycles. The number of cyclic esters (lactones) is 1. The summed E-state index contributed by atoms with van der Waals surface area (Å²) in [4.78, 5) is 11.1. The zero-order valence-corrected chi connectivity index (χ0v) is 9.12. The molecule has 0 saturated heterocycles. The van der Waals surface area contributed by atoms with Crippen LogP contribution in [0.4, 0.5) is 0 Å². The summed E-state index contributed by atoms with van der Waals surface area (Å²) in [6.07, 6.45) is 0.626. The molecule has 82 valence electrons. The van der Waals surface area contributed by atoms with Gasteiger partial charge in [0.2, 0.25) is 0 Å². The molecule has 0 fully saturated rings. The van der Waals surface area contributed by atoms with E-state index < -0.39 is 0 Å². The Labute approximate surface area is 89.7 Å². The van der Waals surface area contributed by atoms with Crippen molar-refractivity contribution < 1.29 is 14.6 Å². The molecule has 0 aliphatic carbocycles. The maximum atomic E-state index is 11.1. The van der Waals surface area contributed by atoms with E-state index in [2.05, 4.69) is 0 Å². The molecule has 0 saturated carbocycles. The van der Waals surface area contributed by atoms with E-state index in [0.717, 1.165) is 11.1 Å². The number of aliphatic hydroxyl groups is 1. The Morgan fingerprint density at radius 3 is 2.80 bits per heavy atom. The molecular weight excluding hydrogens is 192 g/mol. The number of rotatable bonds is 2. The second kappa shape index (κ2) is 5.51. The molecule has 1 aromatic carbocycles. The lowest BCUT2D eigenvalue weighted by Crippen LogP contribution is -1.95. The van der Waals surface area contributed by atoms with Crippen LogP contribution in [-0.2, 0) is 17.8 Å². The summed E-state index contributed by atoms with van der Waals surface area (Å²) >= 11 is 0. The maximum Gasteiger partial charge on any atom is 0.338 e. The van der Waals surface area contributed by atoms with Crippen LogP contribution in [0.3, 0.4) is 0 Å². The van der Waals surface area contributed by atoms with Crippen molar-refractivity contribution in [2.75, 3.05) is 6.61 Å².